The van der Waals surface area contributed by atoms with Crippen LogP contribution in [0.4, 0.5) is 10.1 Å². The first kappa shape index (κ1) is 14.5. The van der Waals surface area contributed by atoms with Crippen molar-refractivity contribution in [3.63, 3.8) is 0 Å². The van der Waals surface area contributed by atoms with Crippen LogP contribution in [-0.4, -0.2) is 4.98 Å². The van der Waals surface area contributed by atoms with E-state index < -0.39 is 0 Å². The minimum atomic E-state index is -0.326. The summed E-state index contributed by atoms with van der Waals surface area (Å²) in [6.07, 6.45) is 2.87. The van der Waals surface area contributed by atoms with Gasteiger partial charge in [-0.2, -0.15) is 0 Å². The SMILES string of the molecule is Cc1cc(Br)c(NC(C)c2cncc(F)c2)c(Br)c1. The molecule has 1 N–H and O–H groups in total. The molecule has 0 bridgehead atoms. The molecule has 1 atom stereocenters. The number of nitrogens with one attached hydrogen (secondary N) is 1. The molecule has 2 rings (SSSR count). The Morgan fingerprint density at radius 2 is 1.79 bits per heavy atom. The molecule has 0 saturated carbocycles. The molecule has 0 saturated heterocycles. The van der Waals surface area contributed by atoms with Crippen molar-refractivity contribution >= 4 is 37.5 Å². The lowest BCUT2D eigenvalue weighted by atomic mass is 10.1. The molecule has 1 aromatic carbocycles. The number of hydrogen-bond donors (Lipinski definition) is 1. The normalized spacial score (nSPS) is 12.3. The van der Waals surface area contributed by atoms with E-state index in [2.05, 4.69) is 42.2 Å². The number of aryl methyl sites for hydroxylation is 1. The van der Waals surface area contributed by atoms with Crippen molar-refractivity contribution in [2.45, 2.75) is 19.9 Å². The van der Waals surface area contributed by atoms with Crippen molar-refractivity contribution in [1.82, 2.24) is 4.98 Å². The zero-order chi connectivity index (χ0) is 14.0. The highest BCUT2D eigenvalue weighted by Crippen LogP contribution is 2.34. The van der Waals surface area contributed by atoms with E-state index in [1.807, 2.05) is 26.0 Å². The van der Waals surface area contributed by atoms with Crippen LogP contribution < -0.4 is 5.32 Å². The fraction of sp³-hybridized carbons (Fsp3) is 0.214. The van der Waals surface area contributed by atoms with Gasteiger partial charge in [0.2, 0.25) is 0 Å². The van der Waals surface area contributed by atoms with E-state index >= 15 is 0 Å². The van der Waals surface area contributed by atoms with Crippen molar-refractivity contribution in [2.24, 2.45) is 0 Å². The Bertz CT molecular complexity index is 579. The van der Waals surface area contributed by atoms with Crippen LogP contribution in [0, 0.1) is 12.7 Å². The van der Waals surface area contributed by atoms with Crippen molar-refractivity contribution in [3.8, 4) is 0 Å². The molecule has 0 fully saturated rings. The molecule has 5 heteroatoms. The van der Waals surface area contributed by atoms with Crippen LogP contribution in [-0.2, 0) is 0 Å². The smallest absolute Gasteiger partial charge is 0.141 e. The number of nitrogens with zero attached hydrogens (tertiary/aromatic N) is 1. The zero-order valence-corrected chi connectivity index (χ0v) is 13.7. The third-order valence-electron chi connectivity index (χ3n) is 2.77. The lowest BCUT2D eigenvalue weighted by Gasteiger charge is -2.18. The van der Waals surface area contributed by atoms with Gasteiger partial charge in [0, 0.05) is 15.1 Å². The molecule has 0 amide bonds. The van der Waals surface area contributed by atoms with Crippen molar-refractivity contribution < 1.29 is 4.39 Å². The van der Waals surface area contributed by atoms with E-state index in [-0.39, 0.29) is 11.9 Å². The molecule has 0 spiro atoms. The monoisotopic (exact) mass is 386 g/mol. The summed E-state index contributed by atoms with van der Waals surface area (Å²) in [5.41, 5.74) is 2.91. The predicted octanol–water partition coefficient (Wildman–Crippen LogP) is 5.23. The summed E-state index contributed by atoms with van der Waals surface area (Å²) >= 11 is 7.06. The van der Waals surface area contributed by atoms with Gasteiger partial charge in [-0.15, -0.1) is 0 Å². The van der Waals surface area contributed by atoms with Crippen LogP contribution >= 0.6 is 31.9 Å². The van der Waals surface area contributed by atoms with Gasteiger partial charge in [0.05, 0.1) is 17.9 Å². The summed E-state index contributed by atoms with van der Waals surface area (Å²) in [5, 5.41) is 3.35. The molecule has 2 nitrogen and oxygen atoms in total. The summed E-state index contributed by atoms with van der Waals surface area (Å²) in [6.45, 7) is 3.99. The van der Waals surface area contributed by atoms with E-state index in [0.29, 0.717) is 0 Å². The average molecular weight is 388 g/mol. The minimum Gasteiger partial charge on any atom is -0.377 e. The van der Waals surface area contributed by atoms with Crippen LogP contribution in [0.2, 0.25) is 0 Å². The quantitative estimate of drug-likeness (QED) is 0.780. The molecule has 0 aliphatic carbocycles. The highest BCUT2D eigenvalue weighted by molar-refractivity contribution is 9.11. The number of anilines is 1. The summed E-state index contributed by atoms with van der Waals surface area (Å²) in [5.74, 6) is -0.326. The van der Waals surface area contributed by atoms with Gasteiger partial charge in [-0.25, -0.2) is 4.39 Å². The Morgan fingerprint density at radius 1 is 1.16 bits per heavy atom. The van der Waals surface area contributed by atoms with Gasteiger partial charge >= 0.3 is 0 Å². The molecule has 100 valence electrons. The second-order valence-corrected chi connectivity index (χ2v) is 6.11. The first-order valence-corrected chi connectivity index (χ1v) is 7.38. The predicted molar refractivity (Wildman–Crippen MR) is 82.8 cm³/mol. The molecular weight excluding hydrogens is 375 g/mol. The summed E-state index contributed by atoms with van der Waals surface area (Å²) in [6, 6.07) is 5.51. The number of hydrogen-bond acceptors (Lipinski definition) is 2. The van der Waals surface area contributed by atoms with Gasteiger partial charge in [0.15, 0.2) is 0 Å². The average Bonchev–Trinajstić information content (AvgIpc) is 2.33. The first-order valence-electron chi connectivity index (χ1n) is 5.80. The third kappa shape index (κ3) is 3.54. The van der Waals surface area contributed by atoms with Gasteiger partial charge < -0.3 is 5.32 Å². The van der Waals surface area contributed by atoms with Crippen molar-refractivity contribution in [1.29, 1.82) is 0 Å². The lowest BCUT2D eigenvalue weighted by molar-refractivity contribution is 0.616. The van der Waals surface area contributed by atoms with E-state index in [1.54, 1.807) is 6.20 Å². The van der Waals surface area contributed by atoms with Crippen LogP contribution in [0.1, 0.15) is 24.1 Å². The van der Waals surface area contributed by atoms with Gasteiger partial charge in [-0.3, -0.25) is 4.98 Å². The Labute approximate surface area is 128 Å². The lowest BCUT2D eigenvalue weighted by Crippen LogP contribution is -2.08. The number of benzene rings is 1. The van der Waals surface area contributed by atoms with Crippen LogP contribution in [0.15, 0.2) is 39.5 Å². The van der Waals surface area contributed by atoms with Gasteiger partial charge in [-0.05, 0) is 75.0 Å². The Kier molecular flexibility index (Phi) is 4.58. The number of halogens is 3. The van der Waals surface area contributed by atoms with Crippen molar-refractivity contribution in [3.05, 3.63) is 56.5 Å². The van der Waals surface area contributed by atoms with E-state index in [9.17, 15) is 4.39 Å². The highest BCUT2D eigenvalue weighted by Gasteiger charge is 2.12. The molecule has 2 aromatic rings. The molecule has 1 heterocycles. The Morgan fingerprint density at radius 3 is 2.37 bits per heavy atom. The summed E-state index contributed by atoms with van der Waals surface area (Å²) in [7, 11) is 0. The largest absolute Gasteiger partial charge is 0.377 e. The molecule has 0 aliphatic heterocycles. The van der Waals surface area contributed by atoms with Crippen LogP contribution in [0.5, 0.6) is 0 Å². The summed E-state index contributed by atoms with van der Waals surface area (Å²) in [4.78, 5) is 3.87. The molecule has 0 radical (unpaired) electrons. The first-order chi connectivity index (χ1) is 8.97. The van der Waals surface area contributed by atoms with E-state index in [0.717, 1.165) is 25.8 Å². The van der Waals surface area contributed by atoms with Gasteiger partial charge in [-0.1, -0.05) is 0 Å². The fourth-order valence-electron chi connectivity index (χ4n) is 1.80. The Hall–Kier alpha value is -0.940. The highest BCUT2D eigenvalue weighted by atomic mass is 79.9. The maximum absolute atomic E-state index is 13.2. The maximum atomic E-state index is 13.2. The van der Waals surface area contributed by atoms with Crippen LogP contribution in [0.3, 0.4) is 0 Å². The van der Waals surface area contributed by atoms with Crippen LogP contribution in [0.25, 0.3) is 0 Å². The minimum absolute atomic E-state index is 0.0430. The zero-order valence-electron chi connectivity index (χ0n) is 10.5. The fourth-order valence-corrected chi connectivity index (χ4v) is 3.45. The molecular formula is C14H13Br2FN2. The standard InChI is InChI=1S/C14H13Br2FN2/c1-8-3-12(15)14(13(16)4-8)19-9(2)10-5-11(17)7-18-6-10/h3-7,9,19H,1-2H3. The number of pyridine rings is 1. The van der Waals surface area contributed by atoms with Gasteiger partial charge in [0.25, 0.3) is 0 Å². The molecule has 1 unspecified atom stereocenters. The number of rotatable bonds is 3. The third-order valence-corrected chi connectivity index (χ3v) is 4.02. The number of aromatic nitrogens is 1. The second-order valence-electron chi connectivity index (χ2n) is 4.41. The molecule has 0 aliphatic rings. The van der Waals surface area contributed by atoms with Gasteiger partial charge in [0.1, 0.15) is 5.82 Å². The topological polar surface area (TPSA) is 24.9 Å². The Balaban J connectivity index is 2.26. The summed E-state index contributed by atoms with van der Waals surface area (Å²) < 4.78 is 15.1. The maximum Gasteiger partial charge on any atom is 0.141 e. The molecule has 1 aromatic heterocycles. The van der Waals surface area contributed by atoms with Crippen molar-refractivity contribution in [2.75, 3.05) is 5.32 Å². The van der Waals surface area contributed by atoms with E-state index in [4.69, 9.17) is 0 Å². The second kappa shape index (κ2) is 6.01. The molecule has 19 heavy (non-hydrogen) atoms. The van der Waals surface area contributed by atoms with E-state index in [1.165, 1.54) is 12.3 Å².